The van der Waals surface area contributed by atoms with Crippen molar-refractivity contribution in [1.29, 1.82) is 0 Å². The normalized spacial score (nSPS) is 9.40. The zero-order valence-electron chi connectivity index (χ0n) is 6.09. The van der Waals surface area contributed by atoms with Gasteiger partial charge in [0, 0.05) is 12.2 Å². The Hall–Kier alpha value is -0.980. The van der Waals surface area contributed by atoms with Crippen LogP contribution in [0.25, 0.3) is 0 Å². The first-order chi connectivity index (χ1) is 4.83. The first kappa shape index (κ1) is 7.13. The van der Waals surface area contributed by atoms with Gasteiger partial charge in [0.25, 0.3) is 0 Å². The van der Waals surface area contributed by atoms with E-state index in [4.69, 9.17) is 6.92 Å². The third-order valence-corrected chi connectivity index (χ3v) is 1.27. The Morgan fingerprint density at radius 1 is 1.50 bits per heavy atom. The lowest BCUT2D eigenvalue weighted by atomic mass is 10.2. The Labute approximate surface area is 62.1 Å². The second-order valence-electron chi connectivity index (χ2n) is 2.16. The molecule has 0 bridgehead atoms. The van der Waals surface area contributed by atoms with Crippen LogP contribution >= 0.6 is 0 Å². The molecule has 1 N–H and O–H groups in total. The van der Waals surface area contributed by atoms with Crippen molar-refractivity contribution in [3.05, 3.63) is 36.8 Å². The molecule has 10 heavy (non-hydrogen) atoms. The highest BCUT2D eigenvalue weighted by molar-refractivity contribution is 5.46. The van der Waals surface area contributed by atoms with Crippen molar-refractivity contribution >= 4 is 5.69 Å². The van der Waals surface area contributed by atoms with E-state index in [0.717, 1.165) is 17.8 Å². The average Bonchev–Trinajstić information content (AvgIpc) is 1.88. The van der Waals surface area contributed by atoms with Crippen molar-refractivity contribution in [3.63, 3.8) is 0 Å². The molecule has 1 nitrogen and oxygen atoms in total. The van der Waals surface area contributed by atoms with E-state index in [1.165, 1.54) is 0 Å². The second-order valence-corrected chi connectivity index (χ2v) is 2.16. The lowest BCUT2D eigenvalue weighted by molar-refractivity contribution is 1.21. The summed E-state index contributed by atoms with van der Waals surface area (Å²) in [6, 6.07) is 7.73. The van der Waals surface area contributed by atoms with Gasteiger partial charge in [-0.1, -0.05) is 12.1 Å². The Balaban J connectivity index is 2.75. The van der Waals surface area contributed by atoms with Crippen molar-refractivity contribution in [3.8, 4) is 0 Å². The van der Waals surface area contributed by atoms with E-state index in [0.29, 0.717) is 0 Å². The molecule has 1 aromatic carbocycles. The summed E-state index contributed by atoms with van der Waals surface area (Å²) < 4.78 is 0. The van der Waals surface area contributed by atoms with Crippen LogP contribution in [0.2, 0.25) is 0 Å². The fourth-order valence-electron chi connectivity index (χ4n) is 0.853. The Bertz CT molecular complexity index is 206. The third kappa shape index (κ3) is 1.76. The van der Waals surface area contributed by atoms with Gasteiger partial charge in [-0.05, 0) is 31.5 Å². The molecular weight excluding hydrogens is 122 g/mol. The fraction of sp³-hybridized carbons (Fsp3) is 0.222. The summed E-state index contributed by atoms with van der Waals surface area (Å²) in [6.45, 7) is 8.54. The third-order valence-electron chi connectivity index (χ3n) is 1.27. The van der Waals surface area contributed by atoms with Gasteiger partial charge in [-0.15, -0.1) is 0 Å². The predicted octanol–water partition coefficient (Wildman–Crippen LogP) is 2.18. The molecule has 0 unspecified atom stereocenters. The van der Waals surface area contributed by atoms with E-state index < -0.39 is 0 Å². The molecule has 1 heteroatoms. The first-order valence-corrected chi connectivity index (χ1v) is 3.42. The highest BCUT2D eigenvalue weighted by Crippen LogP contribution is 2.08. The van der Waals surface area contributed by atoms with Gasteiger partial charge in [0.05, 0.1) is 0 Å². The predicted molar refractivity (Wildman–Crippen MR) is 44.0 cm³/mol. The Morgan fingerprint density at radius 2 is 2.30 bits per heavy atom. The van der Waals surface area contributed by atoms with Gasteiger partial charge in [-0.3, -0.25) is 0 Å². The van der Waals surface area contributed by atoms with Gasteiger partial charge in [0.2, 0.25) is 0 Å². The number of benzene rings is 1. The molecule has 0 aliphatic rings. The molecule has 0 aliphatic carbocycles. The van der Waals surface area contributed by atoms with E-state index in [9.17, 15) is 0 Å². The van der Waals surface area contributed by atoms with Crippen LogP contribution in [0, 0.1) is 6.92 Å². The summed E-state index contributed by atoms with van der Waals surface area (Å²) in [6.07, 6.45) is 0. The monoisotopic (exact) mass is 133 g/mol. The highest BCUT2D eigenvalue weighted by Gasteiger charge is 1.87. The van der Waals surface area contributed by atoms with E-state index in [2.05, 4.69) is 12.2 Å². The molecule has 0 aliphatic heterocycles. The first-order valence-electron chi connectivity index (χ1n) is 3.42. The quantitative estimate of drug-likeness (QED) is 0.652. The largest absolute Gasteiger partial charge is 0.385 e. The van der Waals surface area contributed by atoms with Crippen molar-refractivity contribution in [1.82, 2.24) is 0 Å². The van der Waals surface area contributed by atoms with Crippen molar-refractivity contribution in [2.24, 2.45) is 0 Å². The van der Waals surface area contributed by atoms with Gasteiger partial charge in [-0.2, -0.15) is 0 Å². The highest BCUT2D eigenvalue weighted by atomic mass is 14.8. The molecule has 0 amide bonds. The molecule has 52 valence electrons. The van der Waals surface area contributed by atoms with Crippen LogP contribution in [-0.2, 0) is 0 Å². The molecule has 0 fully saturated rings. The smallest absolute Gasteiger partial charge is 0.0342 e. The number of hydrogen-bond acceptors (Lipinski definition) is 1. The van der Waals surface area contributed by atoms with E-state index in [1.807, 2.05) is 24.3 Å². The van der Waals surface area contributed by atoms with Gasteiger partial charge in [-0.25, -0.2) is 0 Å². The Kier molecular flexibility index (Phi) is 2.32. The fourth-order valence-corrected chi connectivity index (χ4v) is 0.853. The van der Waals surface area contributed by atoms with Crippen molar-refractivity contribution in [2.45, 2.75) is 6.92 Å². The van der Waals surface area contributed by atoms with E-state index in [-0.39, 0.29) is 0 Å². The number of nitrogens with one attached hydrogen (secondary N) is 1. The van der Waals surface area contributed by atoms with Crippen LogP contribution in [0.15, 0.2) is 24.3 Å². The number of anilines is 1. The van der Waals surface area contributed by atoms with Gasteiger partial charge >= 0.3 is 0 Å². The molecule has 0 saturated heterocycles. The SMILES string of the molecule is [CH]c1cccc(NCC)c1. The summed E-state index contributed by atoms with van der Waals surface area (Å²) in [5, 5.41) is 3.17. The molecule has 0 atom stereocenters. The van der Waals surface area contributed by atoms with Crippen LogP contribution < -0.4 is 5.32 Å². The summed E-state index contributed by atoms with van der Waals surface area (Å²) in [5.41, 5.74) is 1.89. The maximum atomic E-state index is 5.55. The summed E-state index contributed by atoms with van der Waals surface area (Å²) in [4.78, 5) is 0. The molecule has 0 spiro atoms. The summed E-state index contributed by atoms with van der Waals surface area (Å²) >= 11 is 0. The standard InChI is InChI=1S/C9H11N/c1-3-10-9-6-4-5-8(2)7-9/h2,4-7,10H,3H2,1H3. The van der Waals surface area contributed by atoms with Gasteiger partial charge < -0.3 is 5.32 Å². The zero-order chi connectivity index (χ0) is 7.40. The minimum Gasteiger partial charge on any atom is -0.385 e. The lowest BCUT2D eigenvalue weighted by Crippen LogP contribution is -1.95. The topological polar surface area (TPSA) is 12.0 Å². The minimum atomic E-state index is 0.804. The zero-order valence-corrected chi connectivity index (χ0v) is 6.09. The van der Waals surface area contributed by atoms with Gasteiger partial charge in [0.15, 0.2) is 0 Å². The molecule has 0 saturated carbocycles. The maximum Gasteiger partial charge on any atom is 0.0342 e. The Morgan fingerprint density at radius 3 is 2.90 bits per heavy atom. The van der Waals surface area contributed by atoms with Crippen LogP contribution in [-0.4, -0.2) is 6.54 Å². The van der Waals surface area contributed by atoms with Crippen molar-refractivity contribution < 1.29 is 0 Å². The molecular formula is C9H11N. The molecule has 0 aromatic heterocycles. The number of rotatable bonds is 2. The average molecular weight is 133 g/mol. The number of hydrogen-bond donors (Lipinski definition) is 1. The van der Waals surface area contributed by atoms with E-state index in [1.54, 1.807) is 0 Å². The maximum absolute atomic E-state index is 5.55. The lowest BCUT2D eigenvalue weighted by Gasteiger charge is -2.01. The van der Waals surface area contributed by atoms with Crippen LogP contribution in [0.4, 0.5) is 5.69 Å². The van der Waals surface area contributed by atoms with E-state index >= 15 is 0 Å². The van der Waals surface area contributed by atoms with Crippen LogP contribution in [0.3, 0.4) is 0 Å². The summed E-state index contributed by atoms with van der Waals surface area (Å²) in [7, 11) is 0. The molecule has 2 radical (unpaired) electrons. The van der Waals surface area contributed by atoms with Crippen molar-refractivity contribution in [2.75, 3.05) is 11.9 Å². The molecule has 1 rings (SSSR count). The van der Waals surface area contributed by atoms with Gasteiger partial charge in [0.1, 0.15) is 0 Å². The summed E-state index contributed by atoms with van der Waals surface area (Å²) in [5.74, 6) is 0. The molecule has 0 heterocycles. The van der Waals surface area contributed by atoms with Crippen LogP contribution in [0.1, 0.15) is 12.5 Å². The minimum absolute atomic E-state index is 0.804. The molecule has 1 aromatic rings. The second kappa shape index (κ2) is 3.25. The van der Waals surface area contributed by atoms with Crippen LogP contribution in [0.5, 0.6) is 0 Å².